The van der Waals surface area contributed by atoms with Crippen molar-refractivity contribution in [1.82, 2.24) is 16.0 Å². The number of rotatable bonds is 17. The molecule has 0 heterocycles. The maximum absolute atomic E-state index is 12.8. The third-order valence-corrected chi connectivity index (χ3v) is 4.25. The molecule has 0 radical (unpaired) electrons. The average molecular weight is 474 g/mol. The van der Waals surface area contributed by atoms with E-state index in [-0.39, 0.29) is 31.8 Å². The third kappa shape index (κ3) is 15.3. The van der Waals surface area contributed by atoms with Gasteiger partial charge in [-0.25, -0.2) is 0 Å². The van der Waals surface area contributed by atoms with Crippen LogP contribution in [0, 0.1) is 0 Å². The summed E-state index contributed by atoms with van der Waals surface area (Å²) in [5.74, 6) is -4.61. The summed E-state index contributed by atoms with van der Waals surface area (Å²) >= 11 is 0. The molecular weight excluding hydrogens is 438 g/mol. The summed E-state index contributed by atoms with van der Waals surface area (Å²) in [5.41, 5.74) is 10.5. The Labute approximate surface area is 192 Å². The lowest BCUT2D eigenvalue weighted by Crippen LogP contribution is -2.54. The van der Waals surface area contributed by atoms with Crippen LogP contribution in [0.2, 0.25) is 0 Å². The van der Waals surface area contributed by atoms with Gasteiger partial charge in [0, 0.05) is 19.3 Å². The van der Waals surface area contributed by atoms with Crippen molar-refractivity contribution in [2.24, 2.45) is 11.5 Å². The summed E-state index contributed by atoms with van der Waals surface area (Å²) in [6.45, 7) is 3.19. The Morgan fingerprint density at radius 2 is 1.52 bits per heavy atom. The summed E-state index contributed by atoms with van der Waals surface area (Å²) in [5, 5.41) is 16.2. The first-order valence-electron chi connectivity index (χ1n) is 10.7. The molecule has 0 fully saturated rings. The molecule has 4 amide bonds. The Bertz CT molecular complexity index is 698. The van der Waals surface area contributed by atoms with Crippen LogP contribution in [0.1, 0.15) is 58.8 Å². The van der Waals surface area contributed by atoms with Crippen LogP contribution in [-0.4, -0.2) is 72.0 Å². The number of esters is 1. The van der Waals surface area contributed by atoms with Crippen LogP contribution in [0.3, 0.4) is 0 Å². The number of unbranched alkanes of at least 4 members (excludes halogenated alkanes) is 1. The molecule has 0 aromatic carbocycles. The van der Waals surface area contributed by atoms with Crippen LogP contribution in [-0.2, 0) is 33.5 Å². The van der Waals surface area contributed by atoms with Gasteiger partial charge in [-0.15, -0.1) is 0 Å². The van der Waals surface area contributed by atoms with Gasteiger partial charge in [-0.2, -0.15) is 0 Å². The van der Waals surface area contributed by atoms with E-state index in [1.807, 2.05) is 0 Å². The van der Waals surface area contributed by atoms with Crippen molar-refractivity contribution in [1.29, 1.82) is 0 Å². The summed E-state index contributed by atoms with van der Waals surface area (Å²) in [7, 11) is 0. The van der Waals surface area contributed by atoms with Crippen molar-refractivity contribution < 1.29 is 38.6 Å². The van der Waals surface area contributed by atoms with E-state index < -0.39 is 60.6 Å². The van der Waals surface area contributed by atoms with E-state index in [0.717, 1.165) is 0 Å². The number of carboxylic acids is 1. The second kappa shape index (κ2) is 16.4. The maximum atomic E-state index is 12.8. The molecule has 33 heavy (non-hydrogen) atoms. The maximum Gasteiger partial charge on any atom is 0.325 e. The Morgan fingerprint density at radius 3 is 2.06 bits per heavy atom. The lowest BCUT2D eigenvalue weighted by Gasteiger charge is -2.23. The minimum atomic E-state index is -1.26. The highest BCUT2D eigenvalue weighted by Crippen LogP contribution is 2.05. The van der Waals surface area contributed by atoms with Crippen LogP contribution in [0.4, 0.5) is 0 Å². The van der Waals surface area contributed by atoms with Crippen LogP contribution in [0.25, 0.3) is 0 Å². The highest BCUT2D eigenvalue weighted by atomic mass is 16.5. The molecule has 0 aromatic heterocycles. The summed E-state index contributed by atoms with van der Waals surface area (Å²) in [4.78, 5) is 70.8. The summed E-state index contributed by atoms with van der Waals surface area (Å²) < 4.78 is 4.91. The number of aliphatic carboxylic acids is 1. The quantitative estimate of drug-likeness (QED) is 0.104. The van der Waals surface area contributed by atoms with Gasteiger partial charge in [0.25, 0.3) is 0 Å². The van der Waals surface area contributed by atoms with E-state index in [1.54, 1.807) is 13.8 Å². The Kier molecular flexibility index (Phi) is 14.8. The Balaban J connectivity index is 5.22. The normalized spacial score (nSPS) is 12.4. The predicted octanol–water partition coefficient (Wildman–Crippen LogP) is -1.72. The second-order valence-electron chi connectivity index (χ2n) is 7.62. The second-order valence-corrected chi connectivity index (χ2v) is 7.62. The molecule has 0 aromatic rings. The van der Waals surface area contributed by atoms with E-state index in [0.29, 0.717) is 19.4 Å². The van der Waals surface area contributed by atoms with Gasteiger partial charge in [-0.3, -0.25) is 28.8 Å². The number of amides is 4. The van der Waals surface area contributed by atoms with Crippen LogP contribution >= 0.6 is 0 Å². The molecule has 188 valence electrons. The van der Waals surface area contributed by atoms with Crippen molar-refractivity contribution >= 4 is 35.6 Å². The van der Waals surface area contributed by atoms with Crippen LogP contribution in [0.5, 0.6) is 0 Å². The highest BCUT2D eigenvalue weighted by Gasteiger charge is 2.27. The number of nitrogens with two attached hydrogens (primary N) is 2. The molecule has 0 saturated carbocycles. The first-order chi connectivity index (χ1) is 15.5. The number of carbonyl (C=O) groups excluding carboxylic acids is 5. The first-order valence-corrected chi connectivity index (χ1v) is 10.7. The zero-order chi connectivity index (χ0) is 25.4. The molecule has 0 aliphatic carbocycles. The number of hydrogen-bond donors (Lipinski definition) is 6. The van der Waals surface area contributed by atoms with Crippen molar-refractivity contribution in [3.8, 4) is 0 Å². The SMILES string of the molecule is CC(C)OC(=O)CNC(=O)C(CCC(=O)O)NC(=O)C(CCCCN)NC(=O)CCC(N)=O. The summed E-state index contributed by atoms with van der Waals surface area (Å²) in [6.07, 6.45) is -0.159. The van der Waals surface area contributed by atoms with E-state index >= 15 is 0 Å². The molecule has 2 unspecified atom stereocenters. The highest BCUT2D eigenvalue weighted by molar-refractivity contribution is 5.93. The van der Waals surface area contributed by atoms with Gasteiger partial charge in [0.1, 0.15) is 18.6 Å². The zero-order valence-corrected chi connectivity index (χ0v) is 19.1. The Hall–Kier alpha value is -3.22. The lowest BCUT2D eigenvalue weighted by atomic mass is 10.1. The van der Waals surface area contributed by atoms with Crippen molar-refractivity contribution in [2.45, 2.75) is 77.0 Å². The van der Waals surface area contributed by atoms with E-state index in [4.69, 9.17) is 21.3 Å². The fourth-order valence-electron chi connectivity index (χ4n) is 2.66. The monoisotopic (exact) mass is 473 g/mol. The molecule has 0 aliphatic rings. The van der Waals surface area contributed by atoms with Crippen molar-refractivity contribution in [3.05, 3.63) is 0 Å². The number of ether oxygens (including phenoxy) is 1. The van der Waals surface area contributed by atoms with Gasteiger partial charge in [0.2, 0.25) is 23.6 Å². The standard InChI is InChI=1S/C20H35N5O8/c1-12(2)33-18(30)11-23-19(31)14(6-9-17(28)29)25-20(32)13(5-3-4-10-21)24-16(27)8-7-15(22)26/h12-14H,3-11,21H2,1-2H3,(H2,22,26)(H,23,31)(H,24,27)(H,25,32)(H,28,29). The van der Waals surface area contributed by atoms with E-state index in [9.17, 15) is 28.8 Å². The minimum absolute atomic E-state index is 0.195. The molecule has 13 heteroatoms. The van der Waals surface area contributed by atoms with Gasteiger partial charge in [0.15, 0.2) is 0 Å². The number of hydrogen-bond acceptors (Lipinski definition) is 8. The topological polar surface area (TPSA) is 220 Å². The lowest BCUT2D eigenvalue weighted by molar-refractivity contribution is -0.147. The van der Waals surface area contributed by atoms with Crippen molar-refractivity contribution in [2.75, 3.05) is 13.1 Å². The third-order valence-electron chi connectivity index (χ3n) is 4.25. The van der Waals surface area contributed by atoms with Gasteiger partial charge in [0.05, 0.1) is 6.10 Å². The van der Waals surface area contributed by atoms with Gasteiger partial charge >= 0.3 is 11.9 Å². The molecule has 0 aliphatic heterocycles. The van der Waals surface area contributed by atoms with Gasteiger partial charge < -0.3 is 37.3 Å². The Morgan fingerprint density at radius 1 is 0.879 bits per heavy atom. The van der Waals surface area contributed by atoms with Crippen LogP contribution in [0.15, 0.2) is 0 Å². The molecule has 8 N–H and O–H groups in total. The molecular formula is C20H35N5O8. The largest absolute Gasteiger partial charge is 0.481 e. The summed E-state index contributed by atoms with van der Waals surface area (Å²) in [6, 6.07) is -2.30. The minimum Gasteiger partial charge on any atom is -0.481 e. The predicted molar refractivity (Wildman–Crippen MR) is 116 cm³/mol. The molecule has 0 spiro atoms. The number of carboxylic acid groups (broad SMARTS) is 1. The van der Waals surface area contributed by atoms with Gasteiger partial charge in [-0.05, 0) is 46.1 Å². The zero-order valence-electron chi connectivity index (χ0n) is 19.1. The van der Waals surface area contributed by atoms with Gasteiger partial charge in [-0.1, -0.05) is 0 Å². The molecule has 0 rings (SSSR count). The molecule has 2 atom stereocenters. The van der Waals surface area contributed by atoms with Crippen LogP contribution < -0.4 is 27.4 Å². The molecule has 0 saturated heterocycles. The van der Waals surface area contributed by atoms with E-state index in [2.05, 4.69) is 16.0 Å². The number of carbonyl (C=O) groups is 6. The molecule has 13 nitrogen and oxygen atoms in total. The van der Waals surface area contributed by atoms with E-state index in [1.165, 1.54) is 0 Å². The molecule has 0 bridgehead atoms. The fourth-order valence-corrected chi connectivity index (χ4v) is 2.66. The number of primary amides is 1. The fraction of sp³-hybridized carbons (Fsp3) is 0.700. The smallest absolute Gasteiger partial charge is 0.325 e. The first kappa shape index (κ1) is 29.8. The van der Waals surface area contributed by atoms with Crippen molar-refractivity contribution in [3.63, 3.8) is 0 Å². The average Bonchev–Trinajstić information content (AvgIpc) is 2.72. The number of nitrogens with one attached hydrogen (secondary N) is 3.